The Labute approximate surface area is 98.4 Å². The first kappa shape index (κ1) is 11.8. The molecule has 0 N–H and O–H groups in total. The lowest BCUT2D eigenvalue weighted by molar-refractivity contribution is 0.136. The van der Waals surface area contributed by atoms with Gasteiger partial charge in [-0.05, 0) is 26.4 Å². The van der Waals surface area contributed by atoms with Crippen molar-refractivity contribution in [2.75, 3.05) is 52.9 Å². The van der Waals surface area contributed by atoms with Crippen LogP contribution in [0.2, 0.25) is 0 Å². The second kappa shape index (κ2) is 5.62. The average Bonchev–Trinajstić information content (AvgIpc) is 2.76. The van der Waals surface area contributed by atoms with E-state index >= 15 is 0 Å². The molecule has 2 heterocycles. The third-order valence-corrected chi connectivity index (χ3v) is 3.81. The van der Waals surface area contributed by atoms with Crippen molar-refractivity contribution in [3.8, 4) is 6.07 Å². The van der Waals surface area contributed by atoms with E-state index < -0.39 is 0 Å². The maximum atomic E-state index is 9.00. The van der Waals surface area contributed by atoms with Gasteiger partial charge in [0.2, 0.25) is 0 Å². The van der Waals surface area contributed by atoms with E-state index in [4.69, 9.17) is 5.26 Å². The van der Waals surface area contributed by atoms with Crippen LogP contribution in [0.25, 0.3) is 0 Å². The van der Waals surface area contributed by atoms with E-state index in [-0.39, 0.29) is 6.04 Å². The molecule has 1 unspecified atom stereocenters. The average molecular weight is 222 g/mol. The molecular formula is C12H22N4. The van der Waals surface area contributed by atoms with Gasteiger partial charge < -0.3 is 4.90 Å². The largest absolute Gasteiger partial charge is 0.304 e. The summed E-state index contributed by atoms with van der Waals surface area (Å²) in [4.78, 5) is 7.25. The van der Waals surface area contributed by atoms with E-state index in [0.717, 1.165) is 26.1 Å². The van der Waals surface area contributed by atoms with Crippen molar-refractivity contribution >= 4 is 0 Å². The quantitative estimate of drug-likeness (QED) is 0.684. The first-order valence-electron chi connectivity index (χ1n) is 6.34. The molecule has 0 aromatic heterocycles. The fraction of sp³-hybridized carbons (Fsp3) is 0.917. The van der Waals surface area contributed by atoms with E-state index in [9.17, 15) is 0 Å². The van der Waals surface area contributed by atoms with Gasteiger partial charge in [0.15, 0.2) is 0 Å². The predicted octanol–water partition coefficient (Wildman–Crippen LogP) is 0.222. The van der Waals surface area contributed by atoms with E-state index in [1.54, 1.807) is 0 Å². The van der Waals surface area contributed by atoms with Crippen molar-refractivity contribution in [3.63, 3.8) is 0 Å². The lowest BCUT2D eigenvalue weighted by atomic mass is 10.2. The Morgan fingerprint density at radius 2 is 1.88 bits per heavy atom. The maximum absolute atomic E-state index is 9.00. The molecule has 1 atom stereocenters. The summed E-state index contributed by atoms with van der Waals surface area (Å²) >= 11 is 0. The summed E-state index contributed by atoms with van der Waals surface area (Å²) in [5, 5.41) is 9.00. The van der Waals surface area contributed by atoms with Gasteiger partial charge in [0.1, 0.15) is 0 Å². The molecule has 2 saturated heterocycles. The topological polar surface area (TPSA) is 33.5 Å². The molecule has 4 heteroatoms. The molecule has 0 spiro atoms. The van der Waals surface area contributed by atoms with Gasteiger partial charge in [-0.15, -0.1) is 0 Å². The molecule has 2 rings (SSSR count). The van der Waals surface area contributed by atoms with Crippen molar-refractivity contribution < 1.29 is 0 Å². The van der Waals surface area contributed by atoms with Gasteiger partial charge in [0, 0.05) is 39.3 Å². The SMILES string of the molecule is CN1CCN(CCN2CCCC2C#N)CC1. The number of likely N-dealkylation sites (tertiary alicyclic amines) is 1. The third-order valence-electron chi connectivity index (χ3n) is 3.81. The van der Waals surface area contributed by atoms with Crippen molar-refractivity contribution in [3.05, 3.63) is 0 Å². The molecule has 4 nitrogen and oxygen atoms in total. The molecule has 90 valence electrons. The summed E-state index contributed by atoms with van der Waals surface area (Å²) in [5.41, 5.74) is 0. The highest BCUT2D eigenvalue weighted by molar-refractivity contribution is 4.95. The number of likely N-dealkylation sites (N-methyl/N-ethyl adjacent to an activating group) is 1. The normalized spacial score (nSPS) is 29.4. The first-order valence-corrected chi connectivity index (χ1v) is 6.34. The first-order chi connectivity index (χ1) is 7.79. The molecule has 0 aromatic carbocycles. The van der Waals surface area contributed by atoms with Crippen molar-refractivity contribution in [2.24, 2.45) is 0 Å². The van der Waals surface area contributed by atoms with Gasteiger partial charge in [-0.1, -0.05) is 0 Å². The van der Waals surface area contributed by atoms with Crippen LogP contribution in [0.1, 0.15) is 12.8 Å². The Hall–Kier alpha value is -0.630. The van der Waals surface area contributed by atoms with E-state index in [0.29, 0.717) is 0 Å². The zero-order valence-corrected chi connectivity index (χ0v) is 10.2. The lowest BCUT2D eigenvalue weighted by Crippen LogP contribution is -2.47. The Morgan fingerprint density at radius 3 is 2.56 bits per heavy atom. The zero-order chi connectivity index (χ0) is 11.4. The smallest absolute Gasteiger partial charge is 0.0978 e. The molecule has 0 aliphatic carbocycles. The van der Waals surface area contributed by atoms with Crippen LogP contribution in [0.15, 0.2) is 0 Å². The van der Waals surface area contributed by atoms with Crippen LogP contribution in [0.4, 0.5) is 0 Å². The summed E-state index contributed by atoms with van der Waals surface area (Å²) in [6.07, 6.45) is 2.26. The van der Waals surface area contributed by atoms with Gasteiger partial charge in [0.05, 0.1) is 12.1 Å². The van der Waals surface area contributed by atoms with E-state index in [1.807, 2.05) is 0 Å². The molecular weight excluding hydrogens is 200 g/mol. The molecule has 0 amide bonds. The Balaban J connectivity index is 1.69. The number of rotatable bonds is 3. The molecule has 0 radical (unpaired) electrons. The maximum Gasteiger partial charge on any atom is 0.0978 e. The molecule has 0 saturated carbocycles. The molecule has 2 fully saturated rings. The fourth-order valence-electron chi connectivity index (χ4n) is 2.58. The Morgan fingerprint density at radius 1 is 1.12 bits per heavy atom. The molecule has 0 aromatic rings. The van der Waals surface area contributed by atoms with Crippen molar-refractivity contribution in [2.45, 2.75) is 18.9 Å². The Bertz CT molecular complexity index is 252. The van der Waals surface area contributed by atoms with Crippen molar-refractivity contribution in [1.82, 2.24) is 14.7 Å². The van der Waals surface area contributed by atoms with Crippen molar-refractivity contribution in [1.29, 1.82) is 5.26 Å². The fourth-order valence-corrected chi connectivity index (χ4v) is 2.58. The highest BCUT2D eigenvalue weighted by Gasteiger charge is 2.24. The van der Waals surface area contributed by atoms with Gasteiger partial charge in [-0.3, -0.25) is 9.80 Å². The number of hydrogen-bond acceptors (Lipinski definition) is 4. The minimum absolute atomic E-state index is 0.187. The summed E-state index contributed by atoms with van der Waals surface area (Å²) in [7, 11) is 2.18. The van der Waals surface area contributed by atoms with E-state index in [2.05, 4.69) is 27.8 Å². The summed E-state index contributed by atoms with van der Waals surface area (Å²) in [6, 6.07) is 2.60. The number of piperazine rings is 1. The third kappa shape index (κ3) is 2.94. The summed E-state index contributed by atoms with van der Waals surface area (Å²) < 4.78 is 0. The minimum atomic E-state index is 0.187. The molecule has 2 aliphatic heterocycles. The van der Waals surface area contributed by atoms with Crippen LogP contribution in [0, 0.1) is 11.3 Å². The number of hydrogen-bond donors (Lipinski definition) is 0. The van der Waals surface area contributed by atoms with Crippen LogP contribution < -0.4 is 0 Å². The van der Waals surface area contributed by atoms with Gasteiger partial charge in [-0.25, -0.2) is 0 Å². The highest BCUT2D eigenvalue weighted by atomic mass is 15.3. The van der Waals surface area contributed by atoms with Crippen LogP contribution in [0.5, 0.6) is 0 Å². The highest BCUT2D eigenvalue weighted by Crippen LogP contribution is 2.15. The second-order valence-corrected chi connectivity index (χ2v) is 4.97. The summed E-state index contributed by atoms with van der Waals surface area (Å²) in [5.74, 6) is 0. The number of nitrogens with zero attached hydrogens (tertiary/aromatic N) is 4. The van der Waals surface area contributed by atoms with Crippen LogP contribution in [-0.2, 0) is 0 Å². The molecule has 0 bridgehead atoms. The zero-order valence-electron chi connectivity index (χ0n) is 10.2. The van der Waals surface area contributed by atoms with Gasteiger partial charge in [-0.2, -0.15) is 5.26 Å². The minimum Gasteiger partial charge on any atom is -0.304 e. The molecule has 2 aliphatic rings. The number of nitriles is 1. The monoisotopic (exact) mass is 222 g/mol. The van der Waals surface area contributed by atoms with Gasteiger partial charge in [0.25, 0.3) is 0 Å². The van der Waals surface area contributed by atoms with Gasteiger partial charge >= 0.3 is 0 Å². The van der Waals surface area contributed by atoms with Crippen LogP contribution in [0.3, 0.4) is 0 Å². The van der Waals surface area contributed by atoms with Crippen LogP contribution in [-0.4, -0.2) is 73.6 Å². The van der Waals surface area contributed by atoms with E-state index in [1.165, 1.54) is 32.6 Å². The van der Waals surface area contributed by atoms with Crippen LogP contribution >= 0.6 is 0 Å². The second-order valence-electron chi connectivity index (χ2n) is 4.97. The predicted molar refractivity (Wildman–Crippen MR) is 64.1 cm³/mol. The molecule has 16 heavy (non-hydrogen) atoms. The standard InChI is InChI=1S/C12H22N4/c1-14-5-7-15(8-6-14)9-10-16-4-2-3-12(16)11-13/h12H,2-10H2,1H3. The summed E-state index contributed by atoms with van der Waals surface area (Å²) in [6.45, 7) is 8.05. The lowest BCUT2D eigenvalue weighted by Gasteiger charge is -2.33. The Kier molecular flexibility index (Phi) is 4.16.